The summed E-state index contributed by atoms with van der Waals surface area (Å²) >= 11 is 0. The minimum absolute atomic E-state index is 0.166. The van der Waals surface area contributed by atoms with E-state index >= 15 is 0 Å². The summed E-state index contributed by atoms with van der Waals surface area (Å²) in [4.78, 5) is 34.3. The molecule has 0 aliphatic carbocycles. The number of carbonyl (C=O) groups is 3. The first-order valence-electron chi connectivity index (χ1n) is 10.6. The minimum atomic E-state index is -1.26. The number of benzene rings is 1. The van der Waals surface area contributed by atoms with Crippen LogP contribution in [0.2, 0.25) is 0 Å². The minimum Gasteiger partial charge on any atom is -0.486 e. The predicted molar refractivity (Wildman–Crippen MR) is 114 cm³/mol. The van der Waals surface area contributed by atoms with Crippen molar-refractivity contribution in [3.8, 4) is 5.75 Å². The summed E-state index contributed by atoms with van der Waals surface area (Å²) in [6, 6.07) is 4.07. The molecule has 9 heteroatoms. The normalized spacial score (nSPS) is 25.4. The molecule has 32 heavy (non-hydrogen) atoms. The molecule has 0 spiro atoms. The quantitative estimate of drug-likeness (QED) is 0.606. The molecule has 0 radical (unpaired) electrons. The lowest BCUT2D eigenvalue weighted by atomic mass is 9.97. The van der Waals surface area contributed by atoms with Crippen molar-refractivity contribution in [2.75, 3.05) is 7.05 Å². The SMILES string of the molecule is CN1C2CCC1CC(NC(=O)c1cc(F)cc3c1OC(C)(C)C3)C2.O=C(O)/C=C\C(=O)O. The number of carboxylic acid groups (broad SMARTS) is 2. The highest BCUT2D eigenvalue weighted by molar-refractivity contribution is 5.97. The molecule has 174 valence electrons. The van der Waals surface area contributed by atoms with Crippen LogP contribution in [-0.2, 0) is 16.0 Å². The van der Waals surface area contributed by atoms with Crippen LogP contribution in [0.25, 0.3) is 0 Å². The van der Waals surface area contributed by atoms with Crippen molar-refractivity contribution < 1.29 is 33.7 Å². The van der Waals surface area contributed by atoms with E-state index < -0.39 is 17.5 Å². The number of fused-ring (bicyclic) bond motifs is 3. The number of hydrogen-bond donors (Lipinski definition) is 3. The van der Waals surface area contributed by atoms with E-state index in [0.717, 1.165) is 18.4 Å². The highest BCUT2D eigenvalue weighted by Gasteiger charge is 2.40. The lowest BCUT2D eigenvalue weighted by molar-refractivity contribution is -0.134. The van der Waals surface area contributed by atoms with Gasteiger partial charge in [0.25, 0.3) is 5.91 Å². The Labute approximate surface area is 186 Å². The van der Waals surface area contributed by atoms with Crippen molar-refractivity contribution >= 4 is 17.8 Å². The topological polar surface area (TPSA) is 116 Å². The Hall–Kier alpha value is -2.94. The number of amides is 1. The number of piperidine rings is 1. The van der Waals surface area contributed by atoms with Crippen molar-refractivity contribution in [3.63, 3.8) is 0 Å². The van der Waals surface area contributed by atoms with E-state index in [1.165, 1.54) is 25.0 Å². The standard InChI is InChI=1S/C19H25FN2O2.C4H4O4/c1-19(2)10-11-6-12(20)7-16(17(11)24-19)18(23)21-13-8-14-4-5-15(9-13)22(14)3;5-3(6)1-2-4(7)8/h6-7,13-15H,4-5,8-10H2,1-3H3,(H,21,23);1-2H,(H,5,6)(H,7,8)/b;2-1-. The van der Waals surface area contributed by atoms with Crippen LogP contribution in [0, 0.1) is 5.82 Å². The van der Waals surface area contributed by atoms with Gasteiger partial charge in [0, 0.05) is 42.3 Å². The second-order valence-electron chi connectivity index (χ2n) is 9.18. The molecular formula is C23H29FN2O6. The molecule has 4 rings (SSSR count). The molecule has 2 saturated heterocycles. The van der Waals surface area contributed by atoms with Crippen molar-refractivity contribution in [3.05, 3.63) is 41.2 Å². The Morgan fingerprint density at radius 2 is 1.69 bits per heavy atom. The molecule has 1 aromatic carbocycles. The third-order valence-electron chi connectivity index (χ3n) is 6.17. The number of rotatable bonds is 4. The second kappa shape index (κ2) is 9.28. The molecule has 3 aliphatic heterocycles. The van der Waals surface area contributed by atoms with Crippen LogP contribution >= 0.6 is 0 Å². The molecule has 1 amide bonds. The number of carboxylic acids is 2. The van der Waals surface area contributed by atoms with E-state index in [9.17, 15) is 18.8 Å². The third-order valence-corrected chi connectivity index (χ3v) is 6.17. The van der Waals surface area contributed by atoms with E-state index in [4.69, 9.17) is 14.9 Å². The number of carbonyl (C=O) groups excluding carboxylic acids is 1. The van der Waals surface area contributed by atoms with Crippen LogP contribution in [0.5, 0.6) is 5.75 Å². The number of ether oxygens (including phenoxy) is 1. The number of halogens is 1. The van der Waals surface area contributed by atoms with Gasteiger partial charge < -0.3 is 25.2 Å². The Kier molecular flexibility index (Phi) is 6.88. The summed E-state index contributed by atoms with van der Waals surface area (Å²) in [6.07, 6.45) is 6.11. The Morgan fingerprint density at radius 1 is 1.12 bits per heavy atom. The van der Waals surface area contributed by atoms with Gasteiger partial charge in [-0.2, -0.15) is 0 Å². The lowest BCUT2D eigenvalue weighted by Gasteiger charge is -2.36. The molecule has 0 aromatic heterocycles. The summed E-state index contributed by atoms with van der Waals surface area (Å²) in [5.41, 5.74) is 0.730. The smallest absolute Gasteiger partial charge is 0.328 e. The third kappa shape index (κ3) is 5.64. The summed E-state index contributed by atoms with van der Waals surface area (Å²) in [6.45, 7) is 3.92. The summed E-state index contributed by atoms with van der Waals surface area (Å²) in [7, 11) is 2.18. The van der Waals surface area contributed by atoms with E-state index in [2.05, 4.69) is 17.3 Å². The fourth-order valence-corrected chi connectivity index (χ4v) is 4.78. The first-order valence-corrected chi connectivity index (χ1v) is 10.6. The Bertz CT molecular complexity index is 915. The number of nitrogens with one attached hydrogen (secondary N) is 1. The van der Waals surface area contributed by atoms with Crippen LogP contribution in [0.3, 0.4) is 0 Å². The molecule has 3 heterocycles. The average Bonchev–Trinajstić information content (AvgIpc) is 3.08. The largest absolute Gasteiger partial charge is 0.486 e. The Balaban J connectivity index is 0.000000312. The van der Waals surface area contributed by atoms with Crippen molar-refractivity contribution in [2.24, 2.45) is 0 Å². The molecule has 1 aromatic rings. The summed E-state index contributed by atoms with van der Waals surface area (Å²) < 4.78 is 19.9. The summed E-state index contributed by atoms with van der Waals surface area (Å²) in [5, 5.41) is 18.8. The maximum atomic E-state index is 14.0. The zero-order valence-corrected chi connectivity index (χ0v) is 18.4. The first kappa shape index (κ1) is 23.7. The zero-order valence-electron chi connectivity index (χ0n) is 18.4. The lowest BCUT2D eigenvalue weighted by Crippen LogP contribution is -2.48. The van der Waals surface area contributed by atoms with E-state index in [1.54, 1.807) is 0 Å². The van der Waals surface area contributed by atoms with Crippen LogP contribution in [0.4, 0.5) is 4.39 Å². The molecular weight excluding hydrogens is 419 g/mol. The summed E-state index contributed by atoms with van der Waals surface area (Å²) in [5.74, 6) is -2.55. The van der Waals surface area contributed by atoms with Crippen LogP contribution in [0.15, 0.2) is 24.3 Å². The van der Waals surface area contributed by atoms with Gasteiger partial charge in [-0.1, -0.05) is 0 Å². The molecule has 2 bridgehead atoms. The zero-order chi connectivity index (χ0) is 23.6. The fourth-order valence-electron chi connectivity index (χ4n) is 4.78. The van der Waals surface area contributed by atoms with Gasteiger partial charge in [0.15, 0.2) is 0 Å². The monoisotopic (exact) mass is 448 g/mol. The van der Waals surface area contributed by atoms with Crippen LogP contribution in [0.1, 0.15) is 55.5 Å². The Morgan fingerprint density at radius 3 is 2.22 bits per heavy atom. The van der Waals surface area contributed by atoms with E-state index in [1.807, 2.05) is 13.8 Å². The second-order valence-corrected chi connectivity index (χ2v) is 9.18. The van der Waals surface area contributed by atoms with Crippen molar-refractivity contribution in [2.45, 2.75) is 69.7 Å². The van der Waals surface area contributed by atoms with Gasteiger partial charge in [0.1, 0.15) is 17.2 Å². The first-order chi connectivity index (χ1) is 14.9. The van der Waals surface area contributed by atoms with Gasteiger partial charge in [0.2, 0.25) is 0 Å². The maximum absolute atomic E-state index is 14.0. The highest BCUT2D eigenvalue weighted by Crippen LogP contribution is 2.39. The van der Waals surface area contributed by atoms with Crippen LogP contribution < -0.4 is 10.1 Å². The molecule has 2 unspecified atom stereocenters. The number of aliphatic carboxylic acids is 2. The molecule has 2 atom stereocenters. The van der Waals surface area contributed by atoms with Gasteiger partial charge >= 0.3 is 11.9 Å². The molecule has 0 saturated carbocycles. The van der Waals surface area contributed by atoms with Gasteiger partial charge in [-0.05, 0) is 58.7 Å². The van der Waals surface area contributed by atoms with Crippen molar-refractivity contribution in [1.29, 1.82) is 0 Å². The number of hydrogen-bond acceptors (Lipinski definition) is 5. The van der Waals surface area contributed by atoms with Gasteiger partial charge in [-0.15, -0.1) is 0 Å². The highest BCUT2D eigenvalue weighted by atomic mass is 19.1. The maximum Gasteiger partial charge on any atom is 0.328 e. The average molecular weight is 448 g/mol. The van der Waals surface area contributed by atoms with E-state index in [-0.39, 0.29) is 17.8 Å². The van der Waals surface area contributed by atoms with E-state index in [0.29, 0.717) is 42.0 Å². The van der Waals surface area contributed by atoms with Gasteiger partial charge in [0.05, 0.1) is 5.56 Å². The number of nitrogens with zero attached hydrogens (tertiary/aromatic N) is 1. The molecule has 2 fully saturated rings. The molecule has 8 nitrogen and oxygen atoms in total. The van der Waals surface area contributed by atoms with Gasteiger partial charge in [-0.3, -0.25) is 4.79 Å². The van der Waals surface area contributed by atoms with Gasteiger partial charge in [-0.25, -0.2) is 14.0 Å². The fraction of sp³-hybridized carbons (Fsp3) is 0.522. The molecule has 3 aliphatic rings. The van der Waals surface area contributed by atoms with Crippen LogP contribution in [-0.4, -0.2) is 63.7 Å². The molecule has 3 N–H and O–H groups in total. The van der Waals surface area contributed by atoms with Crippen molar-refractivity contribution in [1.82, 2.24) is 10.2 Å². The predicted octanol–water partition coefficient (Wildman–Crippen LogP) is 2.61.